The fourth-order valence-electron chi connectivity index (χ4n) is 3.35. The molecule has 0 amide bonds. The van der Waals surface area contributed by atoms with Crippen LogP contribution in [0.25, 0.3) is 0 Å². The van der Waals surface area contributed by atoms with E-state index in [2.05, 4.69) is 5.32 Å². The number of aliphatic hydroxyl groups is 1. The molecule has 0 aliphatic heterocycles. The number of aliphatic hydroxyl groups excluding tert-OH is 1. The Hall–Kier alpha value is -2.86. The number of methoxy groups -OCH3 is 1. The Morgan fingerprint density at radius 2 is 1.75 bits per heavy atom. The van der Waals surface area contributed by atoms with Crippen molar-refractivity contribution in [2.75, 3.05) is 13.7 Å². The Morgan fingerprint density at radius 3 is 2.41 bits per heavy atom. The molecule has 3 aromatic rings. The number of ether oxygens (including phenoxy) is 2. The predicted octanol–water partition coefficient (Wildman–Crippen LogP) is 4.96. The summed E-state index contributed by atoms with van der Waals surface area (Å²) in [5.74, 6) is 0.311. The second-order valence-corrected chi connectivity index (χ2v) is 8.08. The monoisotopic (exact) mass is 453 g/mol. The summed E-state index contributed by atoms with van der Waals surface area (Å²) in [4.78, 5) is 11.5. The Morgan fingerprint density at radius 1 is 1.03 bits per heavy atom. The first-order valence-corrected chi connectivity index (χ1v) is 10.9. The SMILES string of the molecule is COC(=O)c1ccc(CC(C)NCC(O)c2ccc(OCc3ccccc3)cc2Cl)cc1. The van der Waals surface area contributed by atoms with E-state index in [1.807, 2.05) is 55.5 Å². The van der Waals surface area contributed by atoms with Gasteiger partial charge in [-0.25, -0.2) is 4.79 Å². The molecule has 6 heteroatoms. The van der Waals surface area contributed by atoms with Gasteiger partial charge in [0, 0.05) is 18.2 Å². The van der Waals surface area contributed by atoms with E-state index >= 15 is 0 Å². The number of esters is 1. The van der Waals surface area contributed by atoms with Crippen molar-refractivity contribution in [1.29, 1.82) is 0 Å². The Bertz CT molecular complexity index is 1010. The van der Waals surface area contributed by atoms with Crippen molar-refractivity contribution in [2.45, 2.75) is 32.1 Å². The maximum Gasteiger partial charge on any atom is 0.337 e. The molecule has 0 aliphatic rings. The lowest BCUT2D eigenvalue weighted by Crippen LogP contribution is -2.32. The largest absolute Gasteiger partial charge is 0.489 e. The van der Waals surface area contributed by atoms with E-state index in [0.29, 0.717) is 35.1 Å². The van der Waals surface area contributed by atoms with Crippen LogP contribution in [0.3, 0.4) is 0 Å². The number of hydrogen-bond donors (Lipinski definition) is 2. The summed E-state index contributed by atoms with van der Waals surface area (Å²) in [5, 5.41) is 14.4. The minimum absolute atomic E-state index is 0.126. The highest BCUT2D eigenvalue weighted by atomic mass is 35.5. The van der Waals surface area contributed by atoms with Crippen LogP contribution >= 0.6 is 11.6 Å². The average Bonchev–Trinajstić information content (AvgIpc) is 2.82. The highest BCUT2D eigenvalue weighted by molar-refractivity contribution is 6.31. The molecule has 0 heterocycles. The van der Waals surface area contributed by atoms with Gasteiger partial charge in [-0.2, -0.15) is 0 Å². The lowest BCUT2D eigenvalue weighted by molar-refractivity contribution is 0.0600. The van der Waals surface area contributed by atoms with Crippen molar-refractivity contribution >= 4 is 17.6 Å². The quantitative estimate of drug-likeness (QED) is 0.425. The number of carbonyl (C=O) groups excluding carboxylic acids is 1. The molecule has 2 N–H and O–H groups in total. The lowest BCUT2D eigenvalue weighted by atomic mass is 10.0. The predicted molar refractivity (Wildman–Crippen MR) is 126 cm³/mol. The molecular weight excluding hydrogens is 426 g/mol. The number of halogens is 1. The molecule has 5 nitrogen and oxygen atoms in total. The maximum atomic E-state index is 11.5. The summed E-state index contributed by atoms with van der Waals surface area (Å²) < 4.78 is 10.5. The zero-order valence-corrected chi connectivity index (χ0v) is 19.0. The van der Waals surface area contributed by atoms with E-state index in [1.165, 1.54) is 7.11 Å². The topological polar surface area (TPSA) is 67.8 Å². The summed E-state index contributed by atoms with van der Waals surface area (Å²) in [7, 11) is 1.37. The van der Waals surface area contributed by atoms with Gasteiger partial charge in [-0.05, 0) is 48.7 Å². The van der Waals surface area contributed by atoms with Gasteiger partial charge in [0.25, 0.3) is 0 Å². The molecule has 3 aromatic carbocycles. The van der Waals surface area contributed by atoms with Crippen molar-refractivity contribution in [3.05, 3.63) is 100 Å². The van der Waals surface area contributed by atoms with Crippen molar-refractivity contribution in [1.82, 2.24) is 5.32 Å². The molecule has 0 saturated carbocycles. The molecule has 0 fully saturated rings. The summed E-state index contributed by atoms with van der Waals surface area (Å²) in [6.07, 6.45) is 0.0172. The number of carbonyl (C=O) groups is 1. The van der Waals surface area contributed by atoms with Crippen LogP contribution in [-0.4, -0.2) is 30.8 Å². The molecule has 0 aromatic heterocycles. The molecule has 0 radical (unpaired) electrons. The summed E-state index contributed by atoms with van der Waals surface area (Å²) in [6.45, 7) is 2.87. The Kier molecular flexibility index (Phi) is 8.68. The summed E-state index contributed by atoms with van der Waals surface area (Å²) >= 11 is 6.40. The molecule has 32 heavy (non-hydrogen) atoms. The van der Waals surface area contributed by atoms with Crippen LogP contribution in [-0.2, 0) is 17.8 Å². The van der Waals surface area contributed by atoms with Gasteiger partial charge < -0.3 is 19.9 Å². The number of rotatable bonds is 10. The minimum atomic E-state index is -0.741. The molecule has 0 spiro atoms. The minimum Gasteiger partial charge on any atom is -0.489 e. The van der Waals surface area contributed by atoms with Gasteiger partial charge in [0.2, 0.25) is 0 Å². The van der Waals surface area contributed by atoms with E-state index in [9.17, 15) is 9.90 Å². The maximum absolute atomic E-state index is 11.5. The molecule has 0 bridgehead atoms. The third kappa shape index (κ3) is 6.82. The van der Waals surface area contributed by atoms with Crippen LogP contribution < -0.4 is 10.1 Å². The van der Waals surface area contributed by atoms with Crippen LogP contribution in [0.15, 0.2) is 72.8 Å². The average molecular weight is 454 g/mol. The first-order chi connectivity index (χ1) is 15.5. The molecule has 3 rings (SSSR count). The molecule has 0 saturated heterocycles. The lowest BCUT2D eigenvalue weighted by Gasteiger charge is -2.19. The Balaban J connectivity index is 1.49. The second-order valence-electron chi connectivity index (χ2n) is 7.68. The third-order valence-electron chi connectivity index (χ3n) is 5.16. The van der Waals surface area contributed by atoms with Crippen LogP contribution in [0.1, 0.15) is 40.1 Å². The molecule has 168 valence electrons. The Labute approximate surface area is 194 Å². The van der Waals surface area contributed by atoms with Crippen LogP contribution in [0.4, 0.5) is 0 Å². The normalized spacial score (nSPS) is 12.8. The van der Waals surface area contributed by atoms with Crippen molar-refractivity contribution in [3.8, 4) is 5.75 Å². The first-order valence-electron chi connectivity index (χ1n) is 10.5. The fraction of sp³-hybridized carbons (Fsp3) is 0.269. The third-order valence-corrected chi connectivity index (χ3v) is 5.48. The number of hydrogen-bond acceptors (Lipinski definition) is 5. The fourth-order valence-corrected chi connectivity index (χ4v) is 3.65. The van der Waals surface area contributed by atoms with Crippen molar-refractivity contribution in [2.24, 2.45) is 0 Å². The first kappa shape index (κ1) is 23.8. The smallest absolute Gasteiger partial charge is 0.337 e. The van der Waals surface area contributed by atoms with E-state index in [0.717, 1.165) is 17.5 Å². The van der Waals surface area contributed by atoms with Gasteiger partial charge in [-0.3, -0.25) is 0 Å². The molecule has 2 atom stereocenters. The molecular formula is C26H28ClNO4. The van der Waals surface area contributed by atoms with Gasteiger partial charge >= 0.3 is 5.97 Å². The van der Waals surface area contributed by atoms with Crippen LogP contribution in [0, 0.1) is 0 Å². The van der Waals surface area contributed by atoms with Gasteiger partial charge in [-0.15, -0.1) is 0 Å². The highest BCUT2D eigenvalue weighted by Crippen LogP contribution is 2.28. The van der Waals surface area contributed by atoms with E-state index in [1.54, 1.807) is 24.3 Å². The van der Waals surface area contributed by atoms with Gasteiger partial charge in [-0.1, -0.05) is 60.1 Å². The number of benzene rings is 3. The van der Waals surface area contributed by atoms with Gasteiger partial charge in [0.15, 0.2) is 0 Å². The zero-order chi connectivity index (χ0) is 22.9. The van der Waals surface area contributed by atoms with E-state index in [-0.39, 0.29) is 12.0 Å². The van der Waals surface area contributed by atoms with Gasteiger partial charge in [0.1, 0.15) is 12.4 Å². The highest BCUT2D eigenvalue weighted by Gasteiger charge is 2.14. The van der Waals surface area contributed by atoms with E-state index in [4.69, 9.17) is 21.1 Å². The standard InChI is InChI=1S/C26H28ClNO4/c1-18(14-19-8-10-21(11-9-19)26(30)31-2)28-16-25(29)23-13-12-22(15-24(23)27)32-17-20-6-4-3-5-7-20/h3-13,15,18,25,28-29H,14,16-17H2,1-2H3. The van der Waals surface area contributed by atoms with Crippen LogP contribution in [0.5, 0.6) is 5.75 Å². The second kappa shape index (κ2) is 11.7. The zero-order valence-electron chi connectivity index (χ0n) is 18.3. The van der Waals surface area contributed by atoms with Crippen molar-refractivity contribution < 1.29 is 19.4 Å². The summed E-state index contributed by atoms with van der Waals surface area (Å²) in [6, 6.07) is 22.7. The van der Waals surface area contributed by atoms with Crippen LogP contribution in [0.2, 0.25) is 5.02 Å². The molecule has 2 unspecified atom stereocenters. The van der Waals surface area contributed by atoms with Crippen molar-refractivity contribution in [3.63, 3.8) is 0 Å². The van der Waals surface area contributed by atoms with E-state index < -0.39 is 6.10 Å². The molecule has 0 aliphatic carbocycles. The number of nitrogens with one attached hydrogen (secondary N) is 1. The van der Waals surface area contributed by atoms with Gasteiger partial charge in [0.05, 0.1) is 23.8 Å². The summed E-state index contributed by atoms with van der Waals surface area (Å²) in [5.41, 5.74) is 3.34.